The number of aliphatic hydroxyl groups is 1. The Morgan fingerprint density at radius 1 is 1.21 bits per heavy atom. The molecule has 1 heterocycles. The van der Waals surface area contributed by atoms with E-state index >= 15 is 0 Å². The van der Waals surface area contributed by atoms with Gasteiger partial charge < -0.3 is 19.6 Å². The highest BCUT2D eigenvalue weighted by atomic mass is 16.5. The summed E-state index contributed by atoms with van der Waals surface area (Å²) in [6, 6.07) is 10.0. The number of amides is 1. The zero-order valence-corrected chi connectivity index (χ0v) is 13.6. The molecule has 3 rings (SSSR count). The number of furan rings is 1. The molecule has 24 heavy (non-hydrogen) atoms. The predicted octanol–water partition coefficient (Wildman–Crippen LogP) is 3.45. The van der Waals surface area contributed by atoms with E-state index in [4.69, 9.17) is 9.15 Å². The molecule has 1 fully saturated rings. The van der Waals surface area contributed by atoms with Crippen molar-refractivity contribution in [3.05, 3.63) is 54.0 Å². The zero-order valence-electron chi connectivity index (χ0n) is 13.6. The third-order valence-corrected chi connectivity index (χ3v) is 4.35. The number of carbonyl (C=O) groups is 1. The Labute approximate surface area is 141 Å². The lowest BCUT2D eigenvalue weighted by Gasteiger charge is -2.23. The summed E-state index contributed by atoms with van der Waals surface area (Å²) in [5.74, 6) is 1.07. The van der Waals surface area contributed by atoms with E-state index in [1.165, 1.54) is 25.5 Å². The molecule has 5 nitrogen and oxygen atoms in total. The summed E-state index contributed by atoms with van der Waals surface area (Å²) in [6.07, 6.45) is 7.74. The number of aliphatic hydroxyl groups excluding tert-OH is 1. The standard InChI is InChI=1S/C19H23NO4/c21-13-17(18-7-4-12-23-18)20-19(22)14-8-10-16(11-9-14)24-15-5-2-1-3-6-15/h4,7-12,15,17,21H,1-3,5-6,13H2,(H,20,22). The Hall–Kier alpha value is -2.27. The van der Waals surface area contributed by atoms with E-state index < -0.39 is 6.04 Å². The third-order valence-electron chi connectivity index (χ3n) is 4.35. The lowest BCUT2D eigenvalue weighted by molar-refractivity contribution is 0.0907. The highest BCUT2D eigenvalue weighted by Gasteiger charge is 2.18. The molecule has 0 aliphatic heterocycles. The fourth-order valence-electron chi connectivity index (χ4n) is 3.00. The van der Waals surface area contributed by atoms with E-state index in [0.717, 1.165) is 18.6 Å². The van der Waals surface area contributed by atoms with Crippen LogP contribution < -0.4 is 10.1 Å². The van der Waals surface area contributed by atoms with E-state index in [9.17, 15) is 9.90 Å². The van der Waals surface area contributed by atoms with E-state index in [2.05, 4.69) is 5.32 Å². The topological polar surface area (TPSA) is 71.7 Å². The molecule has 1 amide bonds. The fraction of sp³-hybridized carbons (Fsp3) is 0.421. The van der Waals surface area contributed by atoms with Crippen LogP contribution in [0.4, 0.5) is 0 Å². The number of rotatable bonds is 6. The van der Waals surface area contributed by atoms with Crippen LogP contribution in [-0.4, -0.2) is 23.7 Å². The number of hydrogen-bond acceptors (Lipinski definition) is 4. The summed E-state index contributed by atoms with van der Waals surface area (Å²) in [7, 11) is 0. The minimum Gasteiger partial charge on any atom is -0.490 e. The minimum absolute atomic E-state index is 0.220. The van der Waals surface area contributed by atoms with Crippen LogP contribution >= 0.6 is 0 Å². The van der Waals surface area contributed by atoms with Crippen molar-refractivity contribution in [2.24, 2.45) is 0 Å². The van der Waals surface area contributed by atoms with Crippen molar-refractivity contribution in [3.63, 3.8) is 0 Å². The van der Waals surface area contributed by atoms with Crippen LogP contribution in [0.5, 0.6) is 5.75 Å². The first-order valence-corrected chi connectivity index (χ1v) is 8.48. The lowest BCUT2D eigenvalue weighted by Crippen LogP contribution is -2.30. The smallest absolute Gasteiger partial charge is 0.251 e. The van der Waals surface area contributed by atoms with Crippen LogP contribution in [0.25, 0.3) is 0 Å². The quantitative estimate of drug-likeness (QED) is 0.851. The van der Waals surface area contributed by atoms with Crippen LogP contribution in [0.2, 0.25) is 0 Å². The Kier molecular flexibility index (Phi) is 5.54. The summed E-state index contributed by atoms with van der Waals surface area (Å²) < 4.78 is 11.2. The molecule has 1 aromatic heterocycles. The van der Waals surface area contributed by atoms with Gasteiger partial charge in [0.1, 0.15) is 17.6 Å². The predicted molar refractivity (Wildman–Crippen MR) is 89.9 cm³/mol. The van der Waals surface area contributed by atoms with E-state index in [-0.39, 0.29) is 18.6 Å². The van der Waals surface area contributed by atoms with Gasteiger partial charge in [-0.25, -0.2) is 0 Å². The van der Waals surface area contributed by atoms with Crippen molar-refractivity contribution in [1.82, 2.24) is 5.32 Å². The first kappa shape index (κ1) is 16.6. The summed E-state index contributed by atoms with van der Waals surface area (Å²) >= 11 is 0. The SMILES string of the molecule is O=C(NC(CO)c1ccco1)c1ccc(OC2CCCCC2)cc1. The van der Waals surface area contributed by atoms with Crippen molar-refractivity contribution in [1.29, 1.82) is 0 Å². The van der Waals surface area contributed by atoms with Gasteiger partial charge in [0.05, 0.1) is 19.0 Å². The summed E-state index contributed by atoms with van der Waals surface area (Å²) in [6.45, 7) is -0.220. The van der Waals surface area contributed by atoms with Gasteiger partial charge >= 0.3 is 0 Å². The highest BCUT2D eigenvalue weighted by Crippen LogP contribution is 2.23. The first-order valence-electron chi connectivity index (χ1n) is 8.48. The third kappa shape index (κ3) is 4.17. The Bertz CT molecular complexity index is 630. The van der Waals surface area contributed by atoms with Crippen LogP contribution in [0.15, 0.2) is 47.1 Å². The van der Waals surface area contributed by atoms with Gasteiger partial charge in [-0.3, -0.25) is 4.79 Å². The Morgan fingerprint density at radius 3 is 2.58 bits per heavy atom. The van der Waals surface area contributed by atoms with Crippen molar-refractivity contribution in [2.75, 3.05) is 6.61 Å². The average Bonchev–Trinajstić information content (AvgIpc) is 3.15. The molecule has 2 N–H and O–H groups in total. The normalized spacial score (nSPS) is 16.5. The van der Waals surface area contributed by atoms with E-state index in [0.29, 0.717) is 11.3 Å². The number of benzene rings is 1. The van der Waals surface area contributed by atoms with Gasteiger partial charge in [-0.2, -0.15) is 0 Å². The first-order chi connectivity index (χ1) is 11.8. The molecular weight excluding hydrogens is 306 g/mol. The molecule has 1 saturated carbocycles. The molecule has 0 bridgehead atoms. The van der Waals surface area contributed by atoms with Gasteiger partial charge in [0, 0.05) is 5.56 Å². The fourth-order valence-corrected chi connectivity index (χ4v) is 3.00. The number of nitrogens with one attached hydrogen (secondary N) is 1. The number of ether oxygens (including phenoxy) is 1. The maximum Gasteiger partial charge on any atom is 0.251 e. The molecule has 0 saturated heterocycles. The summed E-state index contributed by atoms with van der Waals surface area (Å²) in [5, 5.41) is 12.2. The second kappa shape index (κ2) is 8.02. The molecule has 2 aromatic rings. The Morgan fingerprint density at radius 2 is 1.96 bits per heavy atom. The largest absolute Gasteiger partial charge is 0.490 e. The average molecular weight is 329 g/mol. The van der Waals surface area contributed by atoms with E-state index in [1.54, 1.807) is 24.3 Å². The van der Waals surface area contributed by atoms with Crippen LogP contribution in [0.3, 0.4) is 0 Å². The molecule has 1 aliphatic rings. The molecule has 1 unspecified atom stereocenters. The monoisotopic (exact) mass is 329 g/mol. The molecule has 0 radical (unpaired) electrons. The lowest BCUT2D eigenvalue weighted by atomic mass is 9.98. The molecular formula is C19H23NO4. The molecule has 1 aromatic carbocycles. The van der Waals surface area contributed by atoms with Crippen molar-refractivity contribution in [2.45, 2.75) is 44.2 Å². The van der Waals surface area contributed by atoms with Crippen LogP contribution in [0, 0.1) is 0 Å². The van der Waals surface area contributed by atoms with Gasteiger partial charge in [0.15, 0.2) is 0 Å². The maximum atomic E-state index is 12.3. The highest BCUT2D eigenvalue weighted by molar-refractivity contribution is 5.94. The molecule has 1 aliphatic carbocycles. The summed E-state index contributed by atoms with van der Waals surface area (Å²) in [4.78, 5) is 12.3. The van der Waals surface area contributed by atoms with Crippen molar-refractivity contribution in [3.8, 4) is 5.75 Å². The second-order valence-electron chi connectivity index (χ2n) is 6.13. The van der Waals surface area contributed by atoms with Crippen LogP contribution in [-0.2, 0) is 0 Å². The van der Waals surface area contributed by atoms with E-state index in [1.807, 2.05) is 12.1 Å². The van der Waals surface area contributed by atoms with Gasteiger partial charge in [0.25, 0.3) is 5.91 Å². The van der Waals surface area contributed by atoms with Crippen molar-refractivity contribution < 1.29 is 19.1 Å². The minimum atomic E-state index is -0.550. The molecule has 0 spiro atoms. The Balaban J connectivity index is 1.59. The molecule has 5 heteroatoms. The van der Waals surface area contributed by atoms with Gasteiger partial charge in [-0.15, -0.1) is 0 Å². The van der Waals surface area contributed by atoms with Gasteiger partial charge in [0.2, 0.25) is 0 Å². The van der Waals surface area contributed by atoms with Gasteiger partial charge in [-0.05, 0) is 62.1 Å². The second-order valence-corrected chi connectivity index (χ2v) is 6.13. The van der Waals surface area contributed by atoms with Crippen LogP contribution in [0.1, 0.15) is 54.3 Å². The van der Waals surface area contributed by atoms with Crippen molar-refractivity contribution >= 4 is 5.91 Å². The summed E-state index contributed by atoms with van der Waals surface area (Å²) in [5.41, 5.74) is 0.524. The molecule has 1 atom stereocenters. The zero-order chi connectivity index (χ0) is 16.8. The number of hydrogen-bond donors (Lipinski definition) is 2. The van der Waals surface area contributed by atoms with Gasteiger partial charge in [-0.1, -0.05) is 6.42 Å². The maximum absolute atomic E-state index is 12.3. The molecule has 128 valence electrons. The number of carbonyl (C=O) groups excluding carboxylic acids is 1.